The van der Waals surface area contributed by atoms with Gasteiger partial charge in [0.2, 0.25) is 0 Å². The van der Waals surface area contributed by atoms with Crippen molar-refractivity contribution < 1.29 is 73.2 Å². The van der Waals surface area contributed by atoms with Gasteiger partial charge < -0.3 is 1.43 Å². The molecule has 0 unspecified atom stereocenters. The molecule has 0 heterocycles. The molecule has 0 aliphatic rings. The normalized spacial score (nSPS) is 2.29. The molecule has 4 nitrogen and oxygen atoms in total. The van der Waals surface area contributed by atoms with Crippen LogP contribution in [-0.2, 0) is 20.4 Å². The molecule has 76 valence electrons. The molecule has 0 spiro atoms. The Hall–Kier alpha value is 1.66. The summed E-state index contributed by atoms with van der Waals surface area (Å²) < 4.78 is 0. The van der Waals surface area contributed by atoms with E-state index >= 15 is 0 Å². The third-order valence-electron chi connectivity index (χ3n) is 0. The van der Waals surface area contributed by atoms with Crippen molar-refractivity contribution in [3.8, 4) is 21.6 Å². The van der Waals surface area contributed by atoms with E-state index in [1.165, 1.54) is 21.6 Å². The van der Waals surface area contributed by atoms with E-state index in [1.54, 1.807) is 0 Å². The van der Waals surface area contributed by atoms with E-state index < -0.39 is 0 Å². The molecule has 0 amide bonds. The van der Waals surface area contributed by atoms with Gasteiger partial charge in [0.15, 0.2) is 0 Å². The van der Waals surface area contributed by atoms with Crippen molar-refractivity contribution in [3.63, 3.8) is 0 Å². The third kappa shape index (κ3) is 796. The first-order chi connectivity index (χ1) is 5.66. The summed E-state index contributed by atoms with van der Waals surface area (Å²) in [4.78, 5) is 0. The van der Waals surface area contributed by atoms with Crippen LogP contribution in [0, 0.1) is 42.7 Å². The SMILES string of the molecule is N#CS.N#CS.N#CS.N#CS.[H-].[K+].[Pd]. The molecule has 0 fully saturated rings. The van der Waals surface area contributed by atoms with Gasteiger partial charge in [-0.25, -0.2) is 0 Å². The fourth-order valence-corrected chi connectivity index (χ4v) is 0. The Kier molecular flexibility index (Phi) is 220. The minimum absolute atomic E-state index is 0. The van der Waals surface area contributed by atoms with Crippen molar-refractivity contribution in [1.82, 2.24) is 0 Å². The Bertz CT molecular complexity index is 169. The molecule has 0 aromatic heterocycles. The Morgan fingerprint density at radius 2 is 0.643 bits per heavy atom. The Morgan fingerprint density at radius 1 is 0.643 bits per heavy atom. The first-order valence-corrected chi connectivity index (χ1v) is 3.58. The van der Waals surface area contributed by atoms with E-state index in [0.717, 1.165) is 0 Å². The fraction of sp³-hybridized carbons (Fsp3) is 0. The zero-order valence-electron chi connectivity index (χ0n) is 7.89. The predicted molar refractivity (Wildman–Crippen MR) is 59.5 cm³/mol. The van der Waals surface area contributed by atoms with E-state index in [-0.39, 0.29) is 73.2 Å². The first-order valence-electron chi connectivity index (χ1n) is 1.79. The molecule has 0 radical (unpaired) electrons. The van der Waals surface area contributed by atoms with E-state index in [4.69, 9.17) is 21.0 Å². The summed E-state index contributed by atoms with van der Waals surface area (Å²) in [5.41, 5.74) is 0. The molecule has 0 N–H and O–H groups in total. The second-order valence-corrected chi connectivity index (χ2v) is 1.20. The third-order valence-corrected chi connectivity index (χ3v) is 0. The Labute approximate surface area is 163 Å². The van der Waals surface area contributed by atoms with Crippen molar-refractivity contribution in [1.29, 1.82) is 21.0 Å². The summed E-state index contributed by atoms with van der Waals surface area (Å²) in [5, 5.41) is 34.5. The molecule has 0 saturated heterocycles. The molecule has 0 aromatic rings. The number of thiocyanates is 4. The first kappa shape index (κ1) is 36.1. The zero-order valence-corrected chi connectivity index (χ0v) is 15.1. The molecule has 0 saturated carbocycles. The number of nitriles is 4. The predicted octanol–water partition coefficient (Wildman–Crippen LogP) is -1.30. The number of hydrogen-bond acceptors (Lipinski definition) is 8. The van der Waals surface area contributed by atoms with Gasteiger partial charge in [-0.1, -0.05) is 50.5 Å². The van der Waals surface area contributed by atoms with Gasteiger partial charge in [0.25, 0.3) is 0 Å². The van der Waals surface area contributed by atoms with E-state index in [1.807, 2.05) is 0 Å². The van der Waals surface area contributed by atoms with Crippen molar-refractivity contribution in [3.05, 3.63) is 0 Å². The number of thiol groups is 4. The van der Waals surface area contributed by atoms with Crippen LogP contribution in [0.1, 0.15) is 1.43 Å². The van der Waals surface area contributed by atoms with Crippen molar-refractivity contribution in [2.75, 3.05) is 0 Å². The smallest absolute Gasteiger partial charge is 1.00 e. The van der Waals surface area contributed by atoms with Gasteiger partial charge in [-0.05, 0) is 0 Å². The average molecular weight is 383 g/mol. The van der Waals surface area contributed by atoms with Gasteiger partial charge in [0, 0.05) is 20.4 Å². The van der Waals surface area contributed by atoms with Crippen LogP contribution in [0.25, 0.3) is 0 Å². The van der Waals surface area contributed by atoms with Gasteiger partial charge in [0.05, 0.1) is 0 Å². The summed E-state index contributed by atoms with van der Waals surface area (Å²) in [7, 11) is 0. The van der Waals surface area contributed by atoms with Crippen LogP contribution in [0.5, 0.6) is 0 Å². The van der Waals surface area contributed by atoms with Crippen LogP contribution in [0.15, 0.2) is 0 Å². The summed E-state index contributed by atoms with van der Waals surface area (Å²) in [6, 6.07) is 0. The molecule has 14 heavy (non-hydrogen) atoms. The molecular formula is C4H5KN4PdS4. The maximum atomic E-state index is 7.18. The van der Waals surface area contributed by atoms with Gasteiger partial charge >= 0.3 is 51.4 Å². The van der Waals surface area contributed by atoms with Crippen LogP contribution in [0.2, 0.25) is 0 Å². The Morgan fingerprint density at radius 3 is 0.643 bits per heavy atom. The molecule has 0 aromatic carbocycles. The quantitative estimate of drug-likeness (QED) is 0.238. The number of hydrogen-bond donors (Lipinski definition) is 4. The number of nitrogens with zero attached hydrogens (tertiary/aromatic N) is 4. The maximum absolute atomic E-state index is 7.18. The molecule has 0 aliphatic carbocycles. The van der Waals surface area contributed by atoms with Crippen molar-refractivity contribution in [2.45, 2.75) is 0 Å². The largest absolute Gasteiger partial charge is 1.00 e. The second-order valence-electron chi connectivity index (χ2n) is 0.400. The Balaban J connectivity index is -0.0000000107. The molecular weight excluding hydrogens is 378 g/mol. The minimum Gasteiger partial charge on any atom is -1.00 e. The van der Waals surface area contributed by atoms with Crippen molar-refractivity contribution in [2.24, 2.45) is 0 Å². The molecule has 10 heteroatoms. The maximum Gasteiger partial charge on any atom is 1.00 e. The van der Waals surface area contributed by atoms with Crippen molar-refractivity contribution >= 4 is 50.5 Å². The van der Waals surface area contributed by atoms with Crippen LogP contribution in [0.3, 0.4) is 0 Å². The molecule has 0 bridgehead atoms. The standard InChI is InChI=1S/4CHNS.K.Pd.H/c4*2-1-3;;;/h4*3H;;;/q;;;;+1;;-1. The molecule has 0 atom stereocenters. The molecule has 0 rings (SSSR count). The van der Waals surface area contributed by atoms with Crippen LogP contribution in [0.4, 0.5) is 0 Å². The van der Waals surface area contributed by atoms with E-state index in [0.29, 0.717) is 0 Å². The van der Waals surface area contributed by atoms with Gasteiger partial charge in [-0.2, -0.15) is 21.0 Å². The van der Waals surface area contributed by atoms with Gasteiger partial charge in [-0.15, -0.1) is 0 Å². The zero-order chi connectivity index (χ0) is 10.8. The van der Waals surface area contributed by atoms with Crippen LogP contribution < -0.4 is 51.4 Å². The fourth-order valence-electron chi connectivity index (χ4n) is 0. The van der Waals surface area contributed by atoms with Crippen LogP contribution in [-0.4, -0.2) is 0 Å². The van der Waals surface area contributed by atoms with Crippen LogP contribution >= 0.6 is 50.5 Å². The van der Waals surface area contributed by atoms with E-state index in [2.05, 4.69) is 50.5 Å². The summed E-state index contributed by atoms with van der Waals surface area (Å²) in [6.07, 6.45) is 0. The summed E-state index contributed by atoms with van der Waals surface area (Å²) in [5.74, 6) is 0. The number of rotatable bonds is 0. The van der Waals surface area contributed by atoms with E-state index in [9.17, 15) is 0 Å². The topological polar surface area (TPSA) is 95.2 Å². The summed E-state index contributed by atoms with van der Waals surface area (Å²) >= 11 is 12.4. The minimum atomic E-state index is 0. The van der Waals surface area contributed by atoms with Gasteiger partial charge in [-0.3, -0.25) is 0 Å². The summed E-state index contributed by atoms with van der Waals surface area (Å²) in [6.45, 7) is 0. The molecule has 0 aliphatic heterocycles. The average Bonchev–Trinajstić information content (AvgIpc) is 1.92. The van der Waals surface area contributed by atoms with Gasteiger partial charge in [0.1, 0.15) is 21.6 Å². The monoisotopic (exact) mass is 382 g/mol. The second kappa shape index (κ2) is 85.4.